The van der Waals surface area contributed by atoms with Crippen molar-refractivity contribution in [2.24, 2.45) is 5.10 Å². The molecule has 0 aromatic heterocycles. The van der Waals surface area contributed by atoms with Crippen molar-refractivity contribution in [2.75, 3.05) is 0 Å². The lowest BCUT2D eigenvalue weighted by Crippen LogP contribution is -2.20. The average molecular weight is 314 g/mol. The zero-order valence-electron chi connectivity index (χ0n) is 13.1. The van der Waals surface area contributed by atoms with Crippen LogP contribution in [0.2, 0.25) is 0 Å². The third-order valence-electron chi connectivity index (χ3n) is 3.52. The van der Waals surface area contributed by atoms with Crippen LogP contribution in [0, 0.1) is 5.82 Å². The van der Waals surface area contributed by atoms with Crippen LogP contribution in [0.1, 0.15) is 41.8 Å². The second kappa shape index (κ2) is 7.54. The van der Waals surface area contributed by atoms with Gasteiger partial charge in [-0.1, -0.05) is 26.0 Å². The van der Waals surface area contributed by atoms with Crippen molar-refractivity contribution in [1.29, 1.82) is 0 Å². The van der Waals surface area contributed by atoms with Crippen LogP contribution in [0.25, 0.3) is 0 Å². The molecule has 0 aliphatic rings. The van der Waals surface area contributed by atoms with Gasteiger partial charge in [-0.25, -0.2) is 9.82 Å². The largest absolute Gasteiger partial charge is 0.507 e. The molecule has 2 aromatic carbocycles. The first-order chi connectivity index (χ1) is 11.0. The van der Waals surface area contributed by atoms with Crippen LogP contribution >= 0.6 is 0 Å². The van der Waals surface area contributed by atoms with Gasteiger partial charge in [-0.2, -0.15) is 5.10 Å². The summed E-state index contributed by atoms with van der Waals surface area (Å²) >= 11 is 0. The third-order valence-corrected chi connectivity index (χ3v) is 3.52. The Kier molecular flexibility index (Phi) is 5.46. The minimum Gasteiger partial charge on any atom is -0.507 e. The molecule has 0 heterocycles. The SMILES string of the molecule is CC/C(=N\NC(=O)c1ccc(CC)cc1)c1cc(F)ccc1O. The van der Waals surface area contributed by atoms with Gasteiger partial charge in [0.2, 0.25) is 0 Å². The van der Waals surface area contributed by atoms with E-state index in [1.165, 1.54) is 18.2 Å². The standard InChI is InChI=1S/C18H19FN2O2/c1-3-12-5-7-13(8-6-12)18(23)21-20-16(4-2)15-11-14(19)9-10-17(15)22/h5-11,22H,3-4H2,1-2H3,(H,21,23)/b20-16+. The number of carbonyl (C=O) groups is 1. The van der Waals surface area contributed by atoms with Crippen LogP contribution in [-0.4, -0.2) is 16.7 Å². The van der Waals surface area contributed by atoms with Crippen LogP contribution in [0.3, 0.4) is 0 Å². The van der Waals surface area contributed by atoms with Gasteiger partial charge in [0.25, 0.3) is 5.91 Å². The van der Waals surface area contributed by atoms with E-state index in [0.717, 1.165) is 12.0 Å². The maximum Gasteiger partial charge on any atom is 0.271 e. The Hall–Kier alpha value is -2.69. The molecular weight excluding hydrogens is 295 g/mol. The summed E-state index contributed by atoms with van der Waals surface area (Å²) in [6.45, 7) is 3.85. The minimum atomic E-state index is -0.472. The van der Waals surface area contributed by atoms with E-state index in [9.17, 15) is 14.3 Å². The molecule has 2 aromatic rings. The molecule has 0 bridgehead atoms. The average Bonchev–Trinajstić information content (AvgIpc) is 2.58. The Bertz CT molecular complexity index is 724. The molecular formula is C18H19FN2O2. The second-order valence-corrected chi connectivity index (χ2v) is 5.06. The molecule has 0 saturated heterocycles. The number of amides is 1. The molecule has 0 aliphatic carbocycles. The van der Waals surface area contributed by atoms with Gasteiger partial charge in [0, 0.05) is 11.1 Å². The van der Waals surface area contributed by atoms with Gasteiger partial charge < -0.3 is 5.11 Å². The number of phenols is 1. The number of nitrogens with one attached hydrogen (secondary N) is 1. The van der Waals surface area contributed by atoms with E-state index in [-0.39, 0.29) is 17.2 Å². The molecule has 4 nitrogen and oxygen atoms in total. The molecule has 0 atom stereocenters. The molecule has 1 amide bonds. The lowest BCUT2D eigenvalue weighted by atomic mass is 10.1. The Morgan fingerprint density at radius 1 is 1.17 bits per heavy atom. The van der Waals surface area contributed by atoms with Gasteiger partial charge >= 0.3 is 0 Å². The fourth-order valence-electron chi connectivity index (χ4n) is 2.14. The Labute approximate surface area is 134 Å². The van der Waals surface area contributed by atoms with Gasteiger partial charge in [-0.05, 0) is 48.7 Å². The van der Waals surface area contributed by atoms with Crippen LogP contribution in [0.15, 0.2) is 47.6 Å². The quantitative estimate of drug-likeness (QED) is 0.654. The van der Waals surface area contributed by atoms with E-state index in [1.807, 2.05) is 26.0 Å². The van der Waals surface area contributed by atoms with Crippen LogP contribution in [0.5, 0.6) is 5.75 Å². The molecule has 0 spiro atoms. The highest BCUT2D eigenvalue weighted by Gasteiger charge is 2.10. The number of halogens is 1. The summed E-state index contributed by atoms with van der Waals surface area (Å²) < 4.78 is 13.3. The molecule has 0 radical (unpaired) electrons. The highest BCUT2D eigenvalue weighted by Crippen LogP contribution is 2.20. The van der Waals surface area contributed by atoms with Crippen molar-refractivity contribution in [2.45, 2.75) is 26.7 Å². The molecule has 0 aliphatic heterocycles. The molecule has 23 heavy (non-hydrogen) atoms. The predicted octanol–water partition coefficient (Wildman–Crippen LogP) is 3.64. The molecule has 0 unspecified atom stereocenters. The summed E-state index contributed by atoms with van der Waals surface area (Å²) in [5.74, 6) is -0.900. The summed E-state index contributed by atoms with van der Waals surface area (Å²) in [6, 6.07) is 10.9. The predicted molar refractivity (Wildman–Crippen MR) is 88.2 cm³/mol. The number of hydrogen-bond donors (Lipinski definition) is 2. The van der Waals surface area contributed by atoms with Crippen molar-refractivity contribution in [3.05, 3.63) is 65.0 Å². The lowest BCUT2D eigenvalue weighted by molar-refractivity contribution is 0.0954. The first-order valence-electron chi connectivity index (χ1n) is 7.49. The first-order valence-corrected chi connectivity index (χ1v) is 7.49. The van der Waals surface area contributed by atoms with Gasteiger partial charge in [-0.15, -0.1) is 0 Å². The smallest absolute Gasteiger partial charge is 0.271 e. The Morgan fingerprint density at radius 3 is 2.48 bits per heavy atom. The summed E-state index contributed by atoms with van der Waals surface area (Å²) in [5.41, 5.74) is 4.76. The number of rotatable bonds is 5. The van der Waals surface area contributed by atoms with E-state index in [4.69, 9.17) is 0 Å². The van der Waals surface area contributed by atoms with Crippen molar-refractivity contribution in [3.8, 4) is 5.75 Å². The number of benzene rings is 2. The number of hydrazone groups is 1. The van der Waals surface area contributed by atoms with Crippen LogP contribution in [-0.2, 0) is 6.42 Å². The second-order valence-electron chi connectivity index (χ2n) is 5.06. The maximum absolute atomic E-state index is 13.3. The fourth-order valence-corrected chi connectivity index (χ4v) is 2.14. The molecule has 2 N–H and O–H groups in total. The van der Waals surface area contributed by atoms with Gasteiger partial charge in [0.15, 0.2) is 0 Å². The minimum absolute atomic E-state index is 0.0754. The highest BCUT2D eigenvalue weighted by atomic mass is 19.1. The van der Waals surface area contributed by atoms with Crippen molar-refractivity contribution in [3.63, 3.8) is 0 Å². The molecule has 0 saturated carbocycles. The van der Waals surface area contributed by atoms with Crippen LogP contribution < -0.4 is 5.43 Å². The monoisotopic (exact) mass is 314 g/mol. The zero-order valence-corrected chi connectivity index (χ0v) is 13.1. The number of carbonyl (C=O) groups excluding carboxylic acids is 1. The zero-order chi connectivity index (χ0) is 16.8. The maximum atomic E-state index is 13.3. The van der Waals surface area contributed by atoms with Crippen molar-refractivity contribution < 1.29 is 14.3 Å². The summed E-state index contributed by atoms with van der Waals surface area (Å²) in [5, 5.41) is 13.8. The topological polar surface area (TPSA) is 61.7 Å². The van der Waals surface area contributed by atoms with Gasteiger partial charge in [0.05, 0.1) is 5.71 Å². The number of hydrogen-bond acceptors (Lipinski definition) is 3. The molecule has 5 heteroatoms. The Morgan fingerprint density at radius 2 is 1.87 bits per heavy atom. The number of nitrogens with zero attached hydrogens (tertiary/aromatic N) is 1. The lowest BCUT2D eigenvalue weighted by Gasteiger charge is -2.08. The number of aryl methyl sites for hydroxylation is 1. The first kappa shape index (κ1) is 16.7. The van der Waals surface area contributed by atoms with E-state index >= 15 is 0 Å². The van der Waals surface area contributed by atoms with Gasteiger partial charge in [-0.3, -0.25) is 4.79 Å². The summed E-state index contributed by atoms with van der Waals surface area (Å²) in [7, 11) is 0. The van der Waals surface area contributed by atoms with E-state index in [1.54, 1.807) is 12.1 Å². The van der Waals surface area contributed by atoms with E-state index in [0.29, 0.717) is 17.7 Å². The number of aromatic hydroxyl groups is 1. The van der Waals surface area contributed by atoms with Crippen LogP contribution in [0.4, 0.5) is 4.39 Å². The highest BCUT2D eigenvalue weighted by molar-refractivity contribution is 6.03. The molecule has 120 valence electrons. The third kappa shape index (κ3) is 4.16. The van der Waals surface area contributed by atoms with Crippen molar-refractivity contribution in [1.82, 2.24) is 5.43 Å². The van der Waals surface area contributed by atoms with Gasteiger partial charge in [0.1, 0.15) is 11.6 Å². The summed E-state index contributed by atoms with van der Waals surface area (Å²) in [4.78, 5) is 12.1. The molecule has 0 fully saturated rings. The van der Waals surface area contributed by atoms with E-state index in [2.05, 4.69) is 10.5 Å². The van der Waals surface area contributed by atoms with Crippen molar-refractivity contribution >= 4 is 11.6 Å². The fraction of sp³-hybridized carbons (Fsp3) is 0.222. The molecule has 2 rings (SSSR count). The normalized spacial score (nSPS) is 11.3. The summed E-state index contributed by atoms with van der Waals surface area (Å²) in [6.07, 6.45) is 1.34. The van der Waals surface area contributed by atoms with E-state index < -0.39 is 5.82 Å². The Balaban J connectivity index is 2.18. The number of phenolic OH excluding ortho intramolecular Hbond substituents is 1.